The Morgan fingerprint density at radius 3 is 1.89 bits per heavy atom. The average molecular weight is 250 g/mol. The zero-order valence-electron chi connectivity index (χ0n) is 10.7. The van der Waals surface area contributed by atoms with Crippen molar-refractivity contribution in [2.24, 2.45) is 0 Å². The van der Waals surface area contributed by atoms with Crippen molar-refractivity contribution in [3.8, 4) is 0 Å². The maximum absolute atomic E-state index is 5.11. The monoisotopic (exact) mass is 250 g/mol. The summed E-state index contributed by atoms with van der Waals surface area (Å²) in [4.78, 5) is 18.2. The van der Waals surface area contributed by atoms with E-state index in [9.17, 15) is 0 Å². The van der Waals surface area contributed by atoms with Gasteiger partial charge >= 0.3 is 0 Å². The third-order valence-electron chi connectivity index (χ3n) is 3.00. The number of anilines is 3. The first-order chi connectivity index (χ1) is 8.74. The predicted molar refractivity (Wildman–Crippen MR) is 68.5 cm³/mol. The normalized spacial score (nSPS) is 18.6. The van der Waals surface area contributed by atoms with E-state index in [4.69, 9.17) is 4.84 Å². The lowest BCUT2D eigenvalue weighted by Crippen LogP contribution is -2.21. The van der Waals surface area contributed by atoms with Gasteiger partial charge in [0.2, 0.25) is 11.9 Å². The Kier molecular flexibility index (Phi) is 2.91. The summed E-state index contributed by atoms with van der Waals surface area (Å²) in [5.41, 5.74) is 0. The van der Waals surface area contributed by atoms with Crippen molar-refractivity contribution < 1.29 is 4.84 Å². The van der Waals surface area contributed by atoms with Gasteiger partial charge in [-0.25, -0.2) is 5.06 Å². The minimum absolute atomic E-state index is 0.513. The molecule has 2 aliphatic rings. The average Bonchev–Trinajstić information content (AvgIpc) is 3.24. The first-order valence-electron chi connectivity index (χ1n) is 6.31. The third kappa shape index (κ3) is 2.79. The van der Waals surface area contributed by atoms with Gasteiger partial charge in [-0.05, 0) is 25.7 Å². The smallest absolute Gasteiger partial charge is 0.256 e. The molecule has 1 aromatic rings. The van der Waals surface area contributed by atoms with Gasteiger partial charge in [-0.1, -0.05) is 0 Å². The number of rotatable bonds is 6. The molecule has 18 heavy (non-hydrogen) atoms. The molecular weight excluding hydrogens is 232 g/mol. The van der Waals surface area contributed by atoms with Crippen molar-refractivity contribution in [2.75, 3.05) is 29.9 Å². The van der Waals surface area contributed by atoms with Crippen LogP contribution in [0.2, 0.25) is 0 Å². The summed E-state index contributed by atoms with van der Waals surface area (Å²) in [5, 5.41) is 8.10. The van der Waals surface area contributed by atoms with Gasteiger partial charge in [0, 0.05) is 19.1 Å². The highest BCUT2D eigenvalue weighted by Gasteiger charge is 2.25. The number of nitrogens with zero attached hydrogens (tertiary/aromatic N) is 4. The maximum atomic E-state index is 5.11. The maximum Gasteiger partial charge on any atom is 0.256 e. The topological polar surface area (TPSA) is 75.2 Å². The molecule has 0 amide bonds. The van der Waals surface area contributed by atoms with Crippen molar-refractivity contribution in [1.29, 1.82) is 0 Å². The van der Waals surface area contributed by atoms with Crippen molar-refractivity contribution >= 4 is 17.8 Å². The SMILES string of the molecule is CON(C)c1nc(NC2CC2)nc(NC2CC2)n1. The van der Waals surface area contributed by atoms with E-state index in [2.05, 4.69) is 25.6 Å². The molecule has 1 aromatic heterocycles. The van der Waals surface area contributed by atoms with Crippen LogP contribution in [0, 0.1) is 0 Å². The van der Waals surface area contributed by atoms with Crippen molar-refractivity contribution in [2.45, 2.75) is 37.8 Å². The van der Waals surface area contributed by atoms with E-state index < -0.39 is 0 Å². The highest BCUT2D eigenvalue weighted by atomic mass is 16.7. The second-order valence-corrected chi connectivity index (χ2v) is 4.80. The Balaban J connectivity index is 1.81. The quantitative estimate of drug-likeness (QED) is 0.730. The van der Waals surface area contributed by atoms with E-state index in [0.717, 1.165) is 0 Å². The van der Waals surface area contributed by atoms with Crippen LogP contribution in [0.3, 0.4) is 0 Å². The Morgan fingerprint density at radius 2 is 1.50 bits per heavy atom. The van der Waals surface area contributed by atoms with E-state index in [1.54, 1.807) is 14.2 Å². The van der Waals surface area contributed by atoms with Crippen molar-refractivity contribution in [3.63, 3.8) is 0 Å². The Hall–Kier alpha value is -1.63. The summed E-state index contributed by atoms with van der Waals surface area (Å²) in [7, 11) is 3.36. The summed E-state index contributed by atoms with van der Waals surface area (Å²) in [6.45, 7) is 0. The Labute approximate surface area is 106 Å². The second-order valence-electron chi connectivity index (χ2n) is 4.80. The van der Waals surface area contributed by atoms with E-state index in [1.165, 1.54) is 30.7 Å². The molecule has 2 N–H and O–H groups in total. The van der Waals surface area contributed by atoms with Crippen LogP contribution in [0.5, 0.6) is 0 Å². The lowest BCUT2D eigenvalue weighted by atomic mass is 10.6. The standard InChI is InChI=1S/C11H18N6O/c1-17(18-2)11-15-9(12-7-3-4-7)14-10(16-11)13-8-5-6-8/h7-8H,3-6H2,1-2H3,(H2,12,13,14,15,16). The minimum atomic E-state index is 0.513. The molecule has 0 spiro atoms. The van der Waals surface area contributed by atoms with Crippen molar-refractivity contribution in [1.82, 2.24) is 15.0 Å². The number of hydrogen-bond acceptors (Lipinski definition) is 7. The number of hydrogen-bond donors (Lipinski definition) is 2. The minimum Gasteiger partial charge on any atom is -0.351 e. The van der Waals surface area contributed by atoms with Crippen LogP contribution in [0.15, 0.2) is 0 Å². The lowest BCUT2D eigenvalue weighted by Gasteiger charge is -2.15. The van der Waals surface area contributed by atoms with Crippen molar-refractivity contribution in [3.05, 3.63) is 0 Å². The third-order valence-corrected chi connectivity index (χ3v) is 3.00. The van der Waals surface area contributed by atoms with Gasteiger partial charge in [0.1, 0.15) is 0 Å². The van der Waals surface area contributed by atoms with Gasteiger partial charge in [-0.15, -0.1) is 0 Å². The summed E-state index contributed by atoms with van der Waals surface area (Å²) in [6.07, 6.45) is 4.75. The van der Waals surface area contributed by atoms with Gasteiger partial charge < -0.3 is 10.6 Å². The van der Waals surface area contributed by atoms with Crippen LogP contribution in [0.1, 0.15) is 25.7 Å². The van der Waals surface area contributed by atoms with Gasteiger partial charge in [-0.3, -0.25) is 4.84 Å². The van der Waals surface area contributed by atoms with Gasteiger partial charge in [0.25, 0.3) is 5.95 Å². The fourth-order valence-corrected chi connectivity index (χ4v) is 1.54. The van der Waals surface area contributed by atoms with Crippen LogP contribution < -0.4 is 15.7 Å². The van der Waals surface area contributed by atoms with E-state index in [-0.39, 0.29) is 0 Å². The van der Waals surface area contributed by atoms with E-state index in [1.807, 2.05) is 0 Å². The Morgan fingerprint density at radius 1 is 1.00 bits per heavy atom. The fraction of sp³-hybridized carbons (Fsp3) is 0.727. The first kappa shape index (κ1) is 11.5. The second kappa shape index (κ2) is 4.56. The zero-order valence-corrected chi connectivity index (χ0v) is 10.7. The number of aromatic nitrogens is 3. The number of nitrogens with one attached hydrogen (secondary N) is 2. The molecule has 98 valence electrons. The molecule has 0 atom stereocenters. The summed E-state index contributed by atoms with van der Waals surface area (Å²) >= 11 is 0. The molecule has 2 saturated carbocycles. The van der Waals surface area contributed by atoms with Crippen LogP contribution in [0.25, 0.3) is 0 Å². The highest BCUT2D eigenvalue weighted by Crippen LogP contribution is 2.26. The highest BCUT2D eigenvalue weighted by molar-refractivity contribution is 5.44. The Bertz CT molecular complexity index is 399. The lowest BCUT2D eigenvalue weighted by molar-refractivity contribution is 0.180. The fourth-order valence-electron chi connectivity index (χ4n) is 1.54. The molecule has 0 radical (unpaired) electrons. The molecule has 7 nitrogen and oxygen atoms in total. The van der Waals surface area contributed by atoms with E-state index >= 15 is 0 Å². The molecule has 0 aromatic carbocycles. The number of hydroxylamine groups is 1. The molecule has 3 rings (SSSR count). The molecule has 0 saturated heterocycles. The molecule has 0 bridgehead atoms. The van der Waals surface area contributed by atoms with Gasteiger partial charge in [0.15, 0.2) is 0 Å². The zero-order chi connectivity index (χ0) is 12.5. The molecule has 2 fully saturated rings. The van der Waals surface area contributed by atoms with Crippen LogP contribution in [-0.2, 0) is 4.84 Å². The summed E-state index contributed by atoms with van der Waals surface area (Å²) < 4.78 is 0. The molecule has 2 aliphatic carbocycles. The van der Waals surface area contributed by atoms with Gasteiger partial charge in [-0.2, -0.15) is 15.0 Å². The molecule has 0 aliphatic heterocycles. The largest absolute Gasteiger partial charge is 0.351 e. The van der Waals surface area contributed by atoms with Crippen LogP contribution in [-0.4, -0.2) is 41.2 Å². The molecular formula is C11H18N6O. The van der Waals surface area contributed by atoms with Crippen LogP contribution in [0.4, 0.5) is 17.8 Å². The predicted octanol–water partition coefficient (Wildman–Crippen LogP) is 1.02. The summed E-state index contributed by atoms with van der Waals surface area (Å²) in [6, 6.07) is 1.03. The molecule has 0 unspecified atom stereocenters. The molecule has 1 heterocycles. The van der Waals surface area contributed by atoms with Gasteiger partial charge in [0.05, 0.1) is 7.11 Å². The summed E-state index contributed by atoms with van der Waals surface area (Å²) in [5.74, 6) is 1.75. The molecule has 7 heteroatoms. The van der Waals surface area contributed by atoms with Crippen LogP contribution >= 0.6 is 0 Å². The van der Waals surface area contributed by atoms with E-state index in [0.29, 0.717) is 29.9 Å². The first-order valence-corrected chi connectivity index (χ1v) is 6.31.